The number of aryl methyl sites for hydroxylation is 1. The molecule has 0 saturated carbocycles. The lowest BCUT2D eigenvalue weighted by Crippen LogP contribution is -2.34. The van der Waals surface area contributed by atoms with Crippen molar-refractivity contribution in [1.82, 2.24) is 5.32 Å². The number of hydrogen-bond donors (Lipinski definition) is 3. The number of nitrogens with one attached hydrogen (secondary N) is 3. The molecule has 0 unspecified atom stereocenters. The Kier molecular flexibility index (Phi) is 6.32. The van der Waals surface area contributed by atoms with Crippen molar-refractivity contribution in [2.45, 2.75) is 6.92 Å². The van der Waals surface area contributed by atoms with Gasteiger partial charge < -0.3 is 20.1 Å². The molecule has 0 bridgehead atoms. The van der Waals surface area contributed by atoms with Gasteiger partial charge in [0.25, 0.3) is 11.8 Å². The lowest BCUT2D eigenvalue weighted by atomic mass is 10.1. The molecule has 2 amide bonds. The Morgan fingerprint density at radius 2 is 1.44 bits per heavy atom. The third-order valence-corrected chi connectivity index (χ3v) is 4.92. The van der Waals surface area contributed by atoms with Crippen molar-refractivity contribution in [2.75, 3.05) is 23.8 Å². The van der Waals surface area contributed by atoms with E-state index in [0.717, 1.165) is 5.56 Å². The van der Waals surface area contributed by atoms with E-state index < -0.39 is 0 Å². The van der Waals surface area contributed by atoms with Crippen molar-refractivity contribution in [3.63, 3.8) is 0 Å². The predicted molar refractivity (Wildman–Crippen MR) is 127 cm³/mol. The number of benzene rings is 3. The second kappa shape index (κ2) is 9.49. The molecule has 0 aliphatic carbocycles. The van der Waals surface area contributed by atoms with Crippen molar-refractivity contribution in [1.29, 1.82) is 0 Å². The molecule has 32 heavy (non-hydrogen) atoms. The Bertz CT molecular complexity index is 1180. The van der Waals surface area contributed by atoms with Crippen LogP contribution in [0, 0.1) is 6.92 Å². The van der Waals surface area contributed by atoms with Crippen LogP contribution in [0.1, 0.15) is 26.3 Å². The fourth-order valence-electron chi connectivity index (χ4n) is 3.15. The van der Waals surface area contributed by atoms with Crippen LogP contribution in [0.15, 0.2) is 66.7 Å². The van der Waals surface area contributed by atoms with E-state index in [9.17, 15) is 9.59 Å². The van der Waals surface area contributed by atoms with Gasteiger partial charge in [-0.1, -0.05) is 17.7 Å². The second-order valence-corrected chi connectivity index (χ2v) is 7.58. The Balaban J connectivity index is 1.32. The van der Waals surface area contributed by atoms with Crippen molar-refractivity contribution in [2.24, 2.45) is 0 Å². The van der Waals surface area contributed by atoms with Gasteiger partial charge >= 0.3 is 0 Å². The van der Waals surface area contributed by atoms with E-state index in [0.29, 0.717) is 47.2 Å². The normalized spacial score (nSPS) is 11.9. The fraction of sp³-hybridized carbons (Fsp3) is 0.125. The van der Waals surface area contributed by atoms with Gasteiger partial charge in [-0.15, -0.1) is 0 Å². The molecule has 0 saturated heterocycles. The summed E-state index contributed by atoms with van der Waals surface area (Å²) < 4.78 is 11.0. The summed E-state index contributed by atoms with van der Waals surface area (Å²) in [4.78, 5) is 24.8. The first kappa shape index (κ1) is 21.3. The maximum absolute atomic E-state index is 12.5. The zero-order valence-electron chi connectivity index (χ0n) is 17.3. The van der Waals surface area contributed by atoms with Crippen LogP contribution in [-0.2, 0) is 0 Å². The Morgan fingerprint density at radius 1 is 0.781 bits per heavy atom. The van der Waals surface area contributed by atoms with Gasteiger partial charge in [0.15, 0.2) is 16.6 Å². The molecule has 3 aromatic rings. The maximum Gasteiger partial charge on any atom is 0.257 e. The molecule has 0 radical (unpaired) electrons. The summed E-state index contributed by atoms with van der Waals surface area (Å²) in [5.41, 5.74) is 3.34. The first-order valence-electron chi connectivity index (χ1n) is 9.98. The van der Waals surface area contributed by atoms with E-state index in [1.54, 1.807) is 48.5 Å². The first-order chi connectivity index (χ1) is 15.5. The zero-order valence-corrected chi connectivity index (χ0v) is 18.1. The van der Waals surface area contributed by atoms with Crippen LogP contribution in [0.4, 0.5) is 11.4 Å². The highest BCUT2D eigenvalue weighted by atomic mass is 32.1. The number of amides is 2. The average molecular weight is 448 g/mol. The van der Waals surface area contributed by atoms with E-state index in [4.69, 9.17) is 21.7 Å². The Morgan fingerprint density at radius 3 is 2.16 bits per heavy atom. The molecule has 4 rings (SSSR count). The number of ether oxygens (including phenoxy) is 2. The highest BCUT2D eigenvalue weighted by molar-refractivity contribution is 7.80. The topological polar surface area (TPSA) is 88.7 Å². The Labute approximate surface area is 190 Å². The van der Waals surface area contributed by atoms with E-state index >= 15 is 0 Å². The number of thiocarbonyl (C=S) groups is 1. The molecule has 1 aliphatic heterocycles. The molecule has 1 heterocycles. The van der Waals surface area contributed by atoms with Crippen LogP contribution in [0.5, 0.6) is 11.5 Å². The molecular formula is C24H21N3O4S. The minimum absolute atomic E-state index is 0.154. The smallest absolute Gasteiger partial charge is 0.257 e. The zero-order chi connectivity index (χ0) is 22.5. The van der Waals surface area contributed by atoms with Gasteiger partial charge in [-0.25, -0.2) is 0 Å². The van der Waals surface area contributed by atoms with Gasteiger partial charge in [0.05, 0.1) is 0 Å². The highest BCUT2D eigenvalue weighted by Crippen LogP contribution is 2.30. The van der Waals surface area contributed by atoms with Crippen molar-refractivity contribution < 1.29 is 19.1 Å². The van der Waals surface area contributed by atoms with E-state index in [1.807, 2.05) is 25.1 Å². The molecule has 3 N–H and O–H groups in total. The lowest BCUT2D eigenvalue weighted by Gasteiger charge is -2.18. The van der Waals surface area contributed by atoms with Crippen LogP contribution in [0.25, 0.3) is 0 Å². The third kappa shape index (κ3) is 5.22. The molecule has 0 atom stereocenters. The largest absolute Gasteiger partial charge is 0.486 e. The third-order valence-electron chi connectivity index (χ3n) is 4.71. The minimum Gasteiger partial charge on any atom is -0.486 e. The van der Waals surface area contributed by atoms with Crippen LogP contribution >= 0.6 is 12.2 Å². The summed E-state index contributed by atoms with van der Waals surface area (Å²) in [5, 5.41) is 8.60. The van der Waals surface area contributed by atoms with Crippen LogP contribution in [0.2, 0.25) is 0 Å². The van der Waals surface area contributed by atoms with E-state index in [2.05, 4.69) is 16.0 Å². The number of hydrogen-bond acceptors (Lipinski definition) is 5. The highest BCUT2D eigenvalue weighted by Gasteiger charge is 2.15. The second-order valence-electron chi connectivity index (χ2n) is 7.17. The summed E-state index contributed by atoms with van der Waals surface area (Å²) in [6.07, 6.45) is 0. The van der Waals surface area contributed by atoms with Gasteiger partial charge in [0, 0.05) is 22.5 Å². The molecule has 1 aliphatic rings. The maximum atomic E-state index is 12.5. The van der Waals surface area contributed by atoms with Crippen LogP contribution in [-0.4, -0.2) is 30.1 Å². The molecule has 0 aromatic heterocycles. The predicted octanol–water partition coefficient (Wildman–Crippen LogP) is 4.15. The summed E-state index contributed by atoms with van der Waals surface area (Å²) >= 11 is 5.24. The summed E-state index contributed by atoms with van der Waals surface area (Å²) in [7, 11) is 0. The summed E-state index contributed by atoms with van der Waals surface area (Å²) in [6, 6.07) is 19.4. The molecule has 0 fully saturated rings. The minimum atomic E-state index is -0.360. The quantitative estimate of drug-likeness (QED) is 0.521. The van der Waals surface area contributed by atoms with E-state index in [1.165, 1.54) is 0 Å². The van der Waals surface area contributed by atoms with Gasteiger partial charge in [-0.3, -0.25) is 14.9 Å². The molecule has 0 spiro atoms. The molecule has 3 aromatic carbocycles. The van der Waals surface area contributed by atoms with Gasteiger partial charge in [-0.2, -0.15) is 0 Å². The molecular weight excluding hydrogens is 426 g/mol. The number of rotatable bonds is 4. The first-order valence-corrected chi connectivity index (χ1v) is 10.4. The molecule has 162 valence electrons. The molecule has 8 heteroatoms. The number of fused-ring (bicyclic) bond motifs is 1. The average Bonchev–Trinajstić information content (AvgIpc) is 2.80. The fourth-order valence-corrected chi connectivity index (χ4v) is 3.36. The van der Waals surface area contributed by atoms with Gasteiger partial charge in [0.2, 0.25) is 0 Å². The van der Waals surface area contributed by atoms with Gasteiger partial charge in [0.1, 0.15) is 13.2 Å². The van der Waals surface area contributed by atoms with Crippen LogP contribution in [0.3, 0.4) is 0 Å². The summed E-state index contributed by atoms with van der Waals surface area (Å²) in [5.74, 6) is 0.604. The van der Waals surface area contributed by atoms with Crippen LogP contribution < -0.4 is 25.4 Å². The summed E-state index contributed by atoms with van der Waals surface area (Å²) in [6.45, 7) is 2.87. The SMILES string of the molecule is Cc1cccc(C(=O)Nc2ccc(NC(=S)NC(=O)c3ccc4c(c3)OCCO4)cc2)c1. The monoisotopic (exact) mass is 447 g/mol. The van der Waals surface area contributed by atoms with Crippen molar-refractivity contribution in [3.05, 3.63) is 83.4 Å². The van der Waals surface area contributed by atoms with Crippen molar-refractivity contribution >= 4 is 40.5 Å². The van der Waals surface area contributed by atoms with Crippen molar-refractivity contribution in [3.8, 4) is 11.5 Å². The number of carbonyl (C=O) groups excluding carboxylic acids is 2. The lowest BCUT2D eigenvalue weighted by molar-refractivity contribution is 0.0975. The Hall–Kier alpha value is -3.91. The molecule has 7 nitrogen and oxygen atoms in total. The number of carbonyl (C=O) groups is 2. The van der Waals surface area contributed by atoms with E-state index in [-0.39, 0.29) is 16.9 Å². The van der Waals surface area contributed by atoms with Gasteiger partial charge in [-0.05, 0) is 73.7 Å². The standard InChI is InChI=1S/C24H21N3O4S/c1-15-3-2-4-16(13-15)22(28)25-18-6-8-19(9-7-18)26-24(32)27-23(29)17-5-10-20-21(14-17)31-12-11-30-20/h2-10,13-14H,11-12H2,1H3,(H,25,28)(H2,26,27,29,32). The number of anilines is 2.